The first-order valence-corrected chi connectivity index (χ1v) is 6.17. The van der Waals surface area contributed by atoms with Gasteiger partial charge in [0.2, 0.25) is 5.12 Å². The first-order chi connectivity index (χ1) is 6.77. The molecule has 1 rings (SSSR count). The summed E-state index contributed by atoms with van der Waals surface area (Å²) < 4.78 is 0. The van der Waals surface area contributed by atoms with Gasteiger partial charge in [-0.05, 0) is 24.7 Å². The predicted molar refractivity (Wildman–Crippen MR) is 62.9 cm³/mol. The zero-order chi connectivity index (χ0) is 10.4. The van der Waals surface area contributed by atoms with Crippen LogP contribution in [-0.4, -0.2) is 11.4 Å². The fourth-order valence-corrected chi connectivity index (χ4v) is 1.68. The Kier molecular flexibility index (Phi) is 4.74. The largest absolute Gasteiger partial charge is 0.282 e. The summed E-state index contributed by atoms with van der Waals surface area (Å²) >= 11 is 1.26. The van der Waals surface area contributed by atoms with Gasteiger partial charge < -0.3 is 0 Å². The third kappa shape index (κ3) is 3.18. The molecular formula is C12H16OS. The maximum absolute atomic E-state index is 11.3. The van der Waals surface area contributed by atoms with Gasteiger partial charge in [-0.25, -0.2) is 0 Å². The Hall–Kier alpha value is -0.760. The van der Waals surface area contributed by atoms with Crippen molar-refractivity contribution in [2.24, 2.45) is 0 Å². The quantitative estimate of drug-likeness (QED) is 0.753. The molecule has 1 aromatic carbocycles. The van der Waals surface area contributed by atoms with Crippen molar-refractivity contribution in [1.82, 2.24) is 0 Å². The van der Waals surface area contributed by atoms with E-state index in [1.807, 2.05) is 18.4 Å². The molecule has 0 aliphatic carbocycles. The molecule has 76 valence electrons. The van der Waals surface area contributed by atoms with Crippen LogP contribution in [-0.2, 0) is 6.42 Å². The Labute approximate surface area is 89.9 Å². The Bertz CT molecular complexity index is 290. The van der Waals surface area contributed by atoms with Gasteiger partial charge in [-0.1, -0.05) is 49.4 Å². The number of aryl methyl sites for hydroxylation is 1. The average molecular weight is 208 g/mol. The molecule has 0 fully saturated rings. The van der Waals surface area contributed by atoms with Crippen LogP contribution in [0.2, 0.25) is 0 Å². The summed E-state index contributed by atoms with van der Waals surface area (Å²) in [6.45, 7) is 2.19. The van der Waals surface area contributed by atoms with Gasteiger partial charge in [0.15, 0.2) is 0 Å². The van der Waals surface area contributed by atoms with Crippen LogP contribution in [0.1, 0.15) is 35.7 Å². The summed E-state index contributed by atoms with van der Waals surface area (Å²) in [6.07, 6.45) is 5.36. The Morgan fingerprint density at radius 2 is 1.93 bits per heavy atom. The molecule has 0 atom stereocenters. The van der Waals surface area contributed by atoms with Gasteiger partial charge in [0.25, 0.3) is 0 Å². The van der Waals surface area contributed by atoms with Gasteiger partial charge >= 0.3 is 0 Å². The van der Waals surface area contributed by atoms with E-state index in [-0.39, 0.29) is 5.12 Å². The molecule has 0 saturated carbocycles. The van der Waals surface area contributed by atoms with E-state index in [0.717, 1.165) is 12.0 Å². The van der Waals surface area contributed by atoms with E-state index in [0.29, 0.717) is 0 Å². The standard InChI is InChI=1S/C12H16OS/c1-3-4-5-10-6-8-11(9-7-10)12(13)14-2/h6-9H,3-5H2,1-2H3. The molecule has 0 bridgehead atoms. The van der Waals surface area contributed by atoms with Crippen molar-refractivity contribution in [2.75, 3.05) is 6.26 Å². The SMILES string of the molecule is CCCCc1ccc(C(=O)SC)cc1. The summed E-state index contributed by atoms with van der Waals surface area (Å²) in [6, 6.07) is 7.95. The number of hydrogen-bond acceptors (Lipinski definition) is 2. The van der Waals surface area contributed by atoms with Crippen molar-refractivity contribution in [3.05, 3.63) is 35.4 Å². The van der Waals surface area contributed by atoms with Gasteiger partial charge in [-0.2, -0.15) is 0 Å². The van der Waals surface area contributed by atoms with Crippen LogP contribution in [0, 0.1) is 0 Å². The van der Waals surface area contributed by atoms with Gasteiger partial charge in [-0.3, -0.25) is 4.79 Å². The molecular weight excluding hydrogens is 192 g/mol. The Balaban J connectivity index is 2.63. The lowest BCUT2D eigenvalue weighted by Crippen LogP contribution is -1.92. The van der Waals surface area contributed by atoms with E-state index in [2.05, 4.69) is 19.1 Å². The third-order valence-corrected chi connectivity index (χ3v) is 2.80. The number of thioether (sulfide) groups is 1. The number of carbonyl (C=O) groups is 1. The first-order valence-electron chi connectivity index (χ1n) is 4.95. The summed E-state index contributed by atoms with van der Waals surface area (Å²) in [7, 11) is 0. The second kappa shape index (κ2) is 5.86. The van der Waals surface area contributed by atoms with Crippen LogP contribution in [0.3, 0.4) is 0 Å². The predicted octanol–water partition coefficient (Wildman–Crippen LogP) is 3.53. The van der Waals surface area contributed by atoms with Crippen LogP contribution in [0.5, 0.6) is 0 Å². The van der Waals surface area contributed by atoms with Crippen LogP contribution in [0.15, 0.2) is 24.3 Å². The molecule has 0 unspecified atom stereocenters. The molecule has 0 N–H and O–H groups in total. The lowest BCUT2D eigenvalue weighted by atomic mass is 10.1. The fourth-order valence-electron chi connectivity index (χ4n) is 1.31. The zero-order valence-corrected chi connectivity index (χ0v) is 9.56. The van der Waals surface area contributed by atoms with Crippen molar-refractivity contribution in [3.63, 3.8) is 0 Å². The molecule has 0 heterocycles. The number of hydrogen-bond donors (Lipinski definition) is 0. The highest BCUT2D eigenvalue weighted by Gasteiger charge is 2.02. The maximum Gasteiger partial charge on any atom is 0.219 e. The average Bonchev–Trinajstić information content (AvgIpc) is 2.26. The van der Waals surface area contributed by atoms with Gasteiger partial charge in [0.05, 0.1) is 0 Å². The van der Waals surface area contributed by atoms with E-state index in [1.165, 1.54) is 30.2 Å². The molecule has 0 aliphatic rings. The molecule has 1 aromatic rings. The van der Waals surface area contributed by atoms with Crippen molar-refractivity contribution < 1.29 is 4.79 Å². The normalized spacial score (nSPS) is 10.1. The Morgan fingerprint density at radius 3 is 2.43 bits per heavy atom. The molecule has 1 nitrogen and oxygen atoms in total. The number of carbonyl (C=O) groups excluding carboxylic acids is 1. The first kappa shape index (κ1) is 11.3. The minimum absolute atomic E-state index is 0.145. The molecule has 2 heteroatoms. The number of rotatable bonds is 4. The van der Waals surface area contributed by atoms with Gasteiger partial charge in [0, 0.05) is 5.56 Å². The zero-order valence-electron chi connectivity index (χ0n) is 8.75. The highest BCUT2D eigenvalue weighted by molar-refractivity contribution is 8.13. The minimum atomic E-state index is 0.145. The van der Waals surface area contributed by atoms with Crippen LogP contribution in [0.25, 0.3) is 0 Å². The van der Waals surface area contributed by atoms with Crippen molar-refractivity contribution >= 4 is 16.9 Å². The molecule has 0 saturated heterocycles. The summed E-state index contributed by atoms with van der Waals surface area (Å²) in [5.41, 5.74) is 2.13. The van der Waals surface area contributed by atoms with E-state index in [4.69, 9.17) is 0 Å². The lowest BCUT2D eigenvalue weighted by molar-refractivity contribution is 0.108. The van der Waals surface area contributed by atoms with Crippen LogP contribution < -0.4 is 0 Å². The van der Waals surface area contributed by atoms with Crippen molar-refractivity contribution in [1.29, 1.82) is 0 Å². The Morgan fingerprint density at radius 1 is 1.29 bits per heavy atom. The van der Waals surface area contributed by atoms with Crippen molar-refractivity contribution in [3.8, 4) is 0 Å². The van der Waals surface area contributed by atoms with E-state index in [1.54, 1.807) is 0 Å². The topological polar surface area (TPSA) is 17.1 Å². The number of unbranched alkanes of at least 4 members (excludes halogenated alkanes) is 1. The van der Waals surface area contributed by atoms with E-state index in [9.17, 15) is 4.79 Å². The van der Waals surface area contributed by atoms with Crippen LogP contribution in [0.4, 0.5) is 0 Å². The van der Waals surface area contributed by atoms with E-state index < -0.39 is 0 Å². The minimum Gasteiger partial charge on any atom is -0.282 e. The maximum atomic E-state index is 11.3. The monoisotopic (exact) mass is 208 g/mol. The molecule has 0 amide bonds. The smallest absolute Gasteiger partial charge is 0.219 e. The van der Waals surface area contributed by atoms with Gasteiger partial charge in [0.1, 0.15) is 0 Å². The molecule has 0 aliphatic heterocycles. The van der Waals surface area contributed by atoms with Gasteiger partial charge in [-0.15, -0.1) is 0 Å². The van der Waals surface area contributed by atoms with Crippen LogP contribution >= 0.6 is 11.8 Å². The second-order valence-corrected chi connectivity index (χ2v) is 4.07. The highest BCUT2D eigenvalue weighted by atomic mass is 32.2. The summed E-state index contributed by atoms with van der Waals surface area (Å²) in [5, 5.41) is 0.145. The molecule has 0 aromatic heterocycles. The highest BCUT2D eigenvalue weighted by Crippen LogP contribution is 2.12. The van der Waals surface area contributed by atoms with Crippen molar-refractivity contribution in [2.45, 2.75) is 26.2 Å². The summed E-state index contributed by atoms with van der Waals surface area (Å²) in [4.78, 5) is 11.3. The molecule has 0 radical (unpaired) electrons. The lowest BCUT2D eigenvalue weighted by Gasteiger charge is -2.01. The third-order valence-electron chi connectivity index (χ3n) is 2.19. The second-order valence-electron chi connectivity index (χ2n) is 3.29. The summed E-state index contributed by atoms with van der Waals surface area (Å²) in [5.74, 6) is 0. The molecule has 0 spiro atoms. The molecule has 14 heavy (non-hydrogen) atoms. The number of benzene rings is 1. The fraction of sp³-hybridized carbons (Fsp3) is 0.417. The van der Waals surface area contributed by atoms with E-state index >= 15 is 0 Å².